The molecule has 1 unspecified atom stereocenters. The molecule has 4 heteroatoms. The molecule has 17 heavy (non-hydrogen) atoms. The van der Waals surface area contributed by atoms with Crippen molar-refractivity contribution in [2.45, 2.75) is 44.9 Å². The maximum absolute atomic E-state index is 4.73. The van der Waals surface area contributed by atoms with Crippen LogP contribution in [-0.4, -0.2) is 22.9 Å². The molecular formula is C13H22BrN3. The molecular weight excluding hydrogens is 278 g/mol. The molecule has 1 N–H and O–H groups in total. The molecule has 1 atom stereocenters. The fourth-order valence-corrected chi connectivity index (χ4v) is 3.93. The summed E-state index contributed by atoms with van der Waals surface area (Å²) in [6, 6.07) is 0. The summed E-state index contributed by atoms with van der Waals surface area (Å²) >= 11 is 3.76. The number of aryl methyl sites for hydroxylation is 1. The molecule has 0 aromatic carbocycles. The highest BCUT2D eigenvalue weighted by molar-refractivity contribution is 9.10. The van der Waals surface area contributed by atoms with E-state index in [-0.39, 0.29) is 5.41 Å². The zero-order valence-corrected chi connectivity index (χ0v) is 12.8. The summed E-state index contributed by atoms with van der Waals surface area (Å²) in [6.45, 7) is 8.90. The van der Waals surface area contributed by atoms with Gasteiger partial charge in [-0.3, -0.25) is 4.68 Å². The lowest BCUT2D eigenvalue weighted by Crippen LogP contribution is -2.28. The van der Waals surface area contributed by atoms with Crippen LogP contribution in [-0.2, 0) is 12.5 Å². The maximum atomic E-state index is 4.73. The SMILES string of the molecule is Cn1nc(C2CCCNC2)c(Br)c1C(C)(C)C. The summed E-state index contributed by atoms with van der Waals surface area (Å²) in [5.41, 5.74) is 2.64. The normalized spacial score (nSPS) is 21.8. The van der Waals surface area contributed by atoms with E-state index in [1.54, 1.807) is 0 Å². The van der Waals surface area contributed by atoms with Gasteiger partial charge in [0.2, 0.25) is 0 Å². The van der Waals surface area contributed by atoms with Crippen LogP contribution in [0.4, 0.5) is 0 Å². The van der Waals surface area contributed by atoms with Crippen molar-refractivity contribution in [3.63, 3.8) is 0 Å². The van der Waals surface area contributed by atoms with Gasteiger partial charge in [0.1, 0.15) is 0 Å². The summed E-state index contributed by atoms with van der Waals surface area (Å²) in [5, 5.41) is 8.19. The third-order valence-corrected chi connectivity index (χ3v) is 4.19. The van der Waals surface area contributed by atoms with Gasteiger partial charge < -0.3 is 5.32 Å². The Morgan fingerprint density at radius 2 is 2.12 bits per heavy atom. The van der Waals surface area contributed by atoms with E-state index < -0.39 is 0 Å². The predicted molar refractivity (Wildman–Crippen MR) is 74.5 cm³/mol. The van der Waals surface area contributed by atoms with Crippen LogP contribution in [0.2, 0.25) is 0 Å². The average molecular weight is 300 g/mol. The van der Waals surface area contributed by atoms with Crippen molar-refractivity contribution in [3.8, 4) is 0 Å². The van der Waals surface area contributed by atoms with Crippen LogP contribution in [0.5, 0.6) is 0 Å². The second kappa shape index (κ2) is 4.73. The lowest BCUT2D eigenvalue weighted by atomic mass is 9.90. The van der Waals surface area contributed by atoms with Crippen molar-refractivity contribution in [1.82, 2.24) is 15.1 Å². The minimum atomic E-state index is 0.126. The van der Waals surface area contributed by atoms with Gasteiger partial charge >= 0.3 is 0 Å². The lowest BCUT2D eigenvalue weighted by molar-refractivity contribution is 0.450. The van der Waals surface area contributed by atoms with E-state index in [4.69, 9.17) is 5.10 Å². The van der Waals surface area contributed by atoms with Crippen LogP contribution < -0.4 is 5.32 Å². The van der Waals surface area contributed by atoms with Gasteiger partial charge in [-0.15, -0.1) is 0 Å². The van der Waals surface area contributed by atoms with Crippen molar-refractivity contribution < 1.29 is 0 Å². The molecule has 0 saturated carbocycles. The fraction of sp³-hybridized carbons (Fsp3) is 0.769. The van der Waals surface area contributed by atoms with Crippen molar-refractivity contribution in [1.29, 1.82) is 0 Å². The highest BCUT2D eigenvalue weighted by Gasteiger charge is 2.28. The van der Waals surface area contributed by atoms with Gasteiger partial charge in [-0.2, -0.15) is 5.10 Å². The van der Waals surface area contributed by atoms with Gasteiger partial charge in [0.25, 0.3) is 0 Å². The second-order valence-corrected chi connectivity index (χ2v) is 6.76. The molecule has 2 heterocycles. The van der Waals surface area contributed by atoms with E-state index in [9.17, 15) is 0 Å². The summed E-state index contributed by atoms with van der Waals surface area (Å²) in [6.07, 6.45) is 2.49. The lowest BCUT2D eigenvalue weighted by Gasteiger charge is -2.22. The number of piperidine rings is 1. The third kappa shape index (κ3) is 2.58. The Hall–Kier alpha value is -0.350. The van der Waals surface area contributed by atoms with E-state index in [0.717, 1.165) is 13.1 Å². The average Bonchev–Trinajstić information content (AvgIpc) is 2.54. The fourth-order valence-electron chi connectivity index (χ4n) is 2.68. The highest BCUT2D eigenvalue weighted by Crippen LogP contribution is 2.36. The zero-order valence-electron chi connectivity index (χ0n) is 11.2. The highest BCUT2D eigenvalue weighted by atomic mass is 79.9. The number of nitrogens with zero attached hydrogens (tertiary/aromatic N) is 2. The Bertz CT molecular complexity index is 398. The molecule has 1 aliphatic heterocycles. The Morgan fingerprint density at radius 3 is 2.59 bits per heavy atom. The molecule has 0 bridgehead atoms. The first-order chi connectivity index (χ1) is 7.91. The molecule has 1 fully saturated rings. The van der Waals surface area contributed by atoms with Crippen LogP contribution in [0.1, 0.15) is 50.9 Å². The summed E-state index contributed by atoms with van der Waals surface area (Å²) in [5.74, 6) is 0.556. The first-order valence-corrected chi connectivity index (χ1v) is 7.14. The van der Waals surface area contributed by atoms with Crippen molar-refractivity contribution in [2.75, 3.05) is 13.1 Å². The molecule has 96 valence electrons. The minimum Gasteiger partial charge on any atom is -0.316 e. The number of rotatable bonds is 1. The quantitative estimate of drug-likeness (QED) is 0.864. The Morgan fingerprint density at radius 1 is 1.41 bits per heavy atom. The van der Waals surface area contributed by atoms with Crippen molar-refractivity contribution in [3.05, 3.63) is 15.9 Å². The number of hydrogen-bond acceptors (Lipinski definition) is 2. The molecule has 1 aromatic heterocycles. The summed E-state index contributed by atoms with van der Waals surface area (Å²) in [7, 11) is 2.05. The topological polar surface area (TPSA) is 29.9 Å². The second-order valence-electron chi connectivity index (χ2n) is 5.96. The number of aromatic nitrogens is 2. The van der Waals surface area contributed by atoms with E-state index in [1.807, 2.05) is 11.7 Å². The molecule has 1 saturated heterocycles. The molecule has 0 aliphatic carbocycles. The summed E-state index contributed by atoms with van der Waals surface area (Å²) in [4.78, 5) is 0. The predicted octanol–water partition coefficient (Wildman–Crippen LogP) is 2.95. The van der Waals surface area contributed by atoms with Crippen molar-refractivity contribution in [2.24, 2.45) is 7.05 Å². The van der Waals surface area contributed by atoms with E-state index >= 15 is 0 Å². The standard InChI is InChI=1S/C13H22BrN3/c1-13(2,3)12-10(14)11(16-17(12)4)9-6-5-7-15-8-9/h9,15H,5-8H2,1-4H3. The van der Waals surface area contributed by atoms with Crippen LogP contribution in [0.25, 0.3) is 0 Å². The largest absolute Gasteiger partial charge is 0.316 e. The molecule has 1 aromatic rings. The van der Waals surface area contributed by atoms with Gasteiger partial charge in [-0.25, -0.2) is 0 Å². The molecule has 0 radical (unpaired) electrons. The first-order valence-electron chi connectivity index (χ1n) is 6.35. The van der Waals surface area contributed by atoms with Crippen LogP contribution in [0.15, 0.2) is 4.47 Å². The van der Waals surface area contributed by atoms with Crippen molar-refractivity contribution >= 4 is 15.9 Å². The molecule has 3 nitrogen and oxygen atoms in total. The molecule has 0 amide bonds. The first kappa shape index (κ1) is 13.1. The zero-order chi connectivity index (χ0) is 12.6. The summed E-state index contributed by atoms with van der Waals surface area (Å²) < 4.78 is 3.25. The van der Waals surface area contributed by atoms with Crippen LogP contribution in [0.3, 0.4) is 0 Å². The maximum Gasteiger partial charge on any atom is 0.0813 e. The Kier molecular flexibility index (Phi) is 3.64. The van der Waals surface area contributed by atoms with E-state index in [1.165, 1.54) is 28.7 Å². The Labute approximate surface area is 112 Å². The van der Waals surface area contributed by atoms with Crippen LogP contribution >= 0.6 is 15.9 Å². The minimum absolute atomic E-state index is 0.126. The van der Waals surface area contributed by atoms with E-state index in [0.29, 0.717) is 5.92 Å². The van der Waals surface area contributed by atoms with Gasteiger partial charge in [-0.05, 0) is 35.3 Å². The smallest absolute Gasteiger partial charge is 0.0813 e. The van der Waals surface area contributed by atoms with Gasteiger partial charge in [-0.1, -0.05) is 20.8 Å². The van der Waals surface area contributed by atoms with Gasteiger partial charge in [0.15, 0.2) is 0 Å². The molecule has 0 spiro atoms. The number of halogens is 1. The van der Waals surface area contributed by atoms with Gasteiger partial charge in [0, 0.05) is 24.9 Å². The third-order valence-electron chi connectivity index (χ3n) is 3.41. The number of hydrogen-bond donors (Lipinski definition) is 1. The molecule has 1 aliphatic rings. The Balaban J connectivity index is 2.36. The van der Waals surface area contributed by atoms with E-state index in [2.05, 4.69) is 42.0 Å². The van der Waals surface area contributed by atoms with Gasteiger partial charge in [0.05, 0.1) is 15.9 Å². The van der Waals surface area contributed by atoms with Crippen LogP contribution in [0, 0.1) is 0 Å². The number of nitrogens with one attached hydrogen (secondary N) is 1. The molecule has 2 rings (SSSR count). The monoisotopic (exact) mass is 299 g/mol.